The first-order chi connectivity index (χ1) is 7.43. The first-order valence-corrected chi connectivity index (χ1v) is 5.71. The summed E-state index contributed by atoms with van der Waals surface area (Å²) in [6.45, 7) is 3.33. The Labute approximate surface area is 96.7 Å². The van der Waals surface area contributed by atoms with E-state index in [1.165, 1.54) is 6.92 Å². The third-order valence-corrected chi connectivity index (χ3v) is 3.06. The van der Waals surface area contributed by atoms with Crippen LogP contribution in [-0.2, 0) is 16.1 Å². The lowest BCUT2D eigenvalue weighted by atomic mass is 10.2. The van der Waals surface area contributed by atoms with Crippen molar-refractivity contribution in [3.63, 3.8) is 0 Å². The lowest BCUT2D eigenvalue weighted by Crippen LogP contribution is -2.43. The molecule has 1 aromatic rings. The average Bonchev–Trinajstić information content (AvgIpc) is 2.20. The number of hydrogen-bond acceptors (Lipinski definition) is 3. The van der Waals surface area contributed by atoms with Crippen molar-refractivity contribution in [2.75, 3.05) is 4.31 Å². The van der Waals surface area contributed by atoms with Gasteiger partial charge in [-0.15, -0.1) is 0 Å². The van der Waals surface area contributed by atoms with Gasteiger partial charge in [-0.3, -0.25) is 13.3 Å². The Morgan fingerprint density at radius 2 is 1.94 bits per heavy atom. The van der Waals surface area contributed by atoms with Gasteiger partial charge in [-0.05, 0) is 26.0 Å². The predicted octanol–water partition coefficient (Wildman–Crippen LogP) is 0.469. The van der Waals surface area contributed by atoms with E-state index in [9.17, 15) is 13.6 Å². The molecule has 0 radical (unpaired) electrons. The minimum absolute atomic E-state index is 0.422. The van der Waals surface area contributed by atoms with Crippen LogP contribution in [0.1, 0.15) is 12.5 Å². The van der Waals surface area contributed by atoms with Crippen molar-refractivity contribution in [1.82, 2.24) is 0 Å². The fourth-order valence-electron chi connectivity index (χ4n) is 1.25. The van der Waals surface area contributed by atoms with Gasteiger partial charge in [0.25, 0.3) is 0 Å². The molecule has 88 valence electrons. The molecule has 0 bridgehead atoms. The molecule has 0 saturated heterocycles. The summed E-state index contributed by atoms with van der Waals surface area (Å²) >= 11 is -2.53. The molecule has 1 amide bonds. The van der Waals surface area contributed by atoms with Crippen LogP contribution >= 0.6 is 0 Å². The van der Waals surface area contributed by atoms with E-state index in [1.54, 1.807) is 24.3 Å². The summed E-state index contributed by atoms with van der Waals surface area (Å²) in [5.74, 6) is -0.690. The van der Waals surface area contributed by atoms with Crippen LogP contribution in [0.25, 0.3) is 0 Å². The van der Waals surface area contributed by atoms with Gasteiger partial charge < -0.3 is 10.3 Å². The first-order valence-electron chi connectivity index (χ1n) is 4.68. The predicted molar refractivity (Wildman–Crippen MR) is 61.2 cm³/mol. The first kappa shape index (κ1) is 12.7. The molecule has 0 fully saturated rings. The van der Waals surface area contributed by atoms with Gasteiger partial charge in [0.05, 0.1) is 0 Å². The summed E-state index contributed by atoms with van der Waals surface area (Å²) in [6, 6.07) is 5.89. The number of amides is 1. The molecule has 2 N–H and O–H groups in total. The number of aryl methyl sites for hydroxylation is 1. The molecule has 0 aliphatic heterocycles. The Hall–Kier alpha value is -1.40. The maximum Gasteiger partial charge on any atom is 0.240 e. The monoisotopic (exact) mass is 241 g/mol. The number of carbonyl (C=O) groups is 1. The molecule has 2 unspecified atom stereocenters. The van der Waals surface area contributed by atoms with E-state index in [0.717, 1.165) is 9.87 Å². The summed E-state index contributed by atoms with van der Waals surface area (Å²) < 4.78 is 23.0. The van der Waals surface area contributed by atoms with Crippen LogP contribution in [0.15, 0.2) is 24.3 Å². The van der Waals surface area contributed by atoms with E-state index in [1.807, 2.05) is 6.92 Å². The fourth-order valence-corrected chi connectivity index (χ4v) is 1.90. The van der Waals surface area contributed by atoms with Crippen molar-refractivity contribution in [1.29, 1.82) is 0 Å². The molecule has 0 spiro atoms. The number of anilines is 1. The Morgan fingerprint density at radius 1 is 1.44 bits per heavy atom. The molecule has 0 aliphatic carbocycles. The number of carbonyl (C=O) groups excluding carboxylic acids is 1. The molecule has 6 heteroatoms. The highest BCUT2D eigenvalue weighted by molar-refractivity contribution is 7.80. The van der Waals surface area contributed by atoms with E-state index in [-0.39, 0.29) is 0 Å². The standard InChI is InChI=1S/C10H14N2O3S/c1-7-3-5-9(6-4-7)12(16(14)15)8(2)10(11)13/h3-6,8H,1-2H3,(H2,11,13)(H,14,15)/p-1. The number of rotatable bonds is 4. The van der Waals surface area contributed by atoms with Gasteiger partial charge in [0.1, 0.15) is 6.04 Å². The zero-order valence-electron chi connectivity index (χ0n) is 9.04. The van der Waals surface area contributed by atoms with Gasteiger partial charge in [-0.1, -0.05) is 17.7 Å². The van der Waals surface area contributed by atoms with Gasteiger partial charge in [-0.2, -0.15) is 0 Å². The molecule has 5 nitrogen and oxygen atoms in total. The lowest BCUT2D eigenvalue weighted by molar-refractivity contribution is -0.118. The van der Waals surface area contributed by atoms with Crippen molar-refractivity contribution in [2.45, 2.75) is 19.9 Å². The van der Waals surface area contributed by atoms with E-state index in [4.69, 9.17) is 5.73 Å². The Morgan fingerprint density at radius 3 is 2.31 bits per heavy atom. The molecule has 16 heavy (non-hydrogen) atoms. The number of hydrogen-bond donors (Lipinski definition) is 1. The van der Waals surface area contributed by atoms with Crippen molar-refractivity contribution in [3.05, 3.63) is 29.8 Å². The second-order valence-electron chi connectivity index (χ2n) is 3.46. The Kier molecular flexibility index (Phi) is 4.03. The summed E-state index contributed by atoms with van der Waals surface area (Å²) in [7, 11) is 0. The van der Waals surface area contributed by atoms with Crippen molar-refractivity contribution in [2.24, 2.45) is 5.73 Å². The van der Waals surface area contributed by atoms with E-state index < -0.39 is 23.2 Å². The van der Waals surface area contributed by atoms with Crippen LogP contribution in [0.2, 0.25) is 0 Å². The largest absolute Gasteiger partial charge is 0.755 e. The highest BCUT2D eigenvalue weighted by atomic mass is 32.2. The Bertz CT molecular complexity index is 405. The van der Waals surface area contributed by atoms with Crippen LogP contribution in [0.3, 0.4) is 0 Å². The summed E-state index contributed by atoms with van der Waals surface area (Å²) in [5.41, 5.74) is 6.52. The topological polar surface area (TPSA) is 86.5 Å². The second kappa shape index (κ2) is 5.09. The van der Waals surface area contributed by atoms with Crippen LogP contribution in [-0.4, -0.2) is 20.7 Å². The van der Waals surface area contributed by atoms with Crippen molar-refractivity contribution in [3.8, 4) is 0 Å². The maximum atomic E-state index is 11.0. The molecule has 0 aromatic heterocycles. The molecular formula is C10H13N2O3S-. The van der Waals surface area contributed by atoms with Gasteiger partial charge in [0.15, 0.2) is 0 Å². The molecule has 1 aromatic carbocycles. The van der Waals surface area contributed by atoms with Crippen LogP contribution in [0, 0.1) is 6.92 Å². The van der Waals surface area contributed by atoms with Gasteiger partial charge >= 0.3 is 0 Å². The third kappa shape index (κ3) is 2.80. The van der Waals surface area contributed by atoms with Gasteiger partial charge in [-0.25, -0.2) is 0 Å². The third-order valence-electron chi connectivity index (χ3n) is 2.21. The summed E-state index contributed by atoms with van der Waals surface area (Å²) in [5, 5.41) is 0. The number of primary amides is 1. The van der Waals surface area contributed by atoms with Crippen LogP contribution in [0.5, 0.6) is 0 Å². The molecule has 1 rings (SSSR count). The van der Waals surface area contributed by atoms with Crippen LogP contribution in [0.4, 0.5) is 5.69 Å². The summed E-state index contributed by atoms with van der Waals surface area (Å²) in [4.78, 5) is 11.0. The van der Waals surface area contributed by atoms with E-state index in [0.29, 0.717) is 5.69 Å². The van der Waals surface area contributed by atoms with Gasteiger partial charge in [0, 0.05) is 17.0 Å². The quantitative estimate of drug-likeness (QED) is 0.777. The van der Waals surface area contributed by atoms with Gasteiger partial charge in [0.2, 0.25) is 5.91 Å². The zero-order valence-corrected chi connectivity index (χ0v) is 9.86. The SMILES string of the molecule is Cc1ccc(N(C(C)C(N)=O)S(=O)[O-])cc1. The average molecular weight is 241 g/mol. The lowest BCUT2D eigenvalue weighted by Gasteiger charge is -2.30. The maximum absolute atomic E-state index is 11.0. The smallest absolute Gasteiger partial charge is 0.240 e. The molecule has 2 atom stereocenters. The number of nitrogens with zero attached hydrogens (tertiary/aromatic N) is 1. The zero-order chi connectivity index (χ0) is 12.3. The number of nitrogens with two attached hydrogens (primary N) is 1. The van der Waals surface area contributed by atoms with E-state index >= 15 is 0 Å². The highest BCUT2D eigenvalue weighted by Gasteiger charge is 2.20. The van der Waals surface area contributed by atoms with Crippen molar-refractivity contribution < 1.29 is 13.6 Å². The van der Waals surface area contributed by atoms with Crippen molar-refractivity contribution >= 4 is 22.9 Å². The molecule has 0 heterocycles. The second-order valence-corrected chi connectivity index (χ2v) is 4.28. The number of benzene rings is 1. The van der Waals surface area contributed by atoms with Crippen LogP contribution < -0.4 is 10.0 Å². The normalized spacial score (nSPS) is 14.2. The van der Waals surface area contributed by atoms with E-state index in [2.05, 4.69) is 0 Å². The minimum Gasteiger partial charge on any atom is -0.755 e. The molecule has 0 aliphatic rings. The molecular weight excluding hydrogens is 228 g/mol. The summed E-state index contributed by atoms with van der Waals surface area (Å²) in [6.07, 6.45) is 0. The Balaban J connectivity index is 3.07. The highest BCUT2D eigenvalue weighted by Crippen LogP contribution is 2.19. The fraction of sp³-hybridized carbons (Fsp3) is 0.300. The minimum atomic E-state index is -2.53. The molecule has 0 saturated carbocycles.